The number of carbonyl (C=O) groups excluding carboxylic acids is 1. The Morgan fingerprint density at radius 1 is 1.40 bits per heavy atom. The number of alkyl halides is 3. The third-order valence-corrected chi connectivity index (χ3v) is 6.81. The maximum atomic E-state index is 12.4. The molecule has 2 saturated heterocycles. The summed E-state index contributed by atoms with van der Waals surface area (Å²) in [5.74, 6) is -2.44. The van der Waals surface area contributed by atoms with E-state index in [0.717, 1.165) is 32.4 Å². The van der Waals surface area contributed by atoms with Crippen molar-refractivity contribution in [3.8, 4) is 0 Å². The highest BCUT2D eigenvalue weighted by atomic mass is 32.1. The molecule has 9 heteroatoms. The van der Waals surface area contributed by atoms with Gasteiger partial charge in [-0.3, -0.25) is 9.69 Å². The Morgan fingerprint density at radius 3 is 2.57 bits per heavy atom. The van der Waals surface area contributed by atoms with E-state index in [9.17, 15) is 18.0 Å². The van der Waals surface area contributed by atoms with Crippen molar-refractivity contribution in [1.29, 1.82) is 0 Å². The molecule has 0 radical (unpaired) electrons. The number of amides is 1. The van der Waals surface area contributed by atoms with Gasteiger partial charge in [0.1, 0.15) is 0 Å². The molecule has 0 aromatic carbocycles. The Kier molecular flexibility index (Phi) is 8.10. The van der Waals surface area contributed by atoms with E-state index in [1.807, 2.05) is 17.4 Å². The number of thiophene rings is 1. The Morgan fingerprint density at radius 2 is 2.07 bits per heavy atom. The van der Waals surface area contributed by atoms with Crippen molar-refractivity contribution in [1.82, 2.24) is 9.80 Å². The fraction of sp³-hybridized carbons (Fsp3) is 0.619. The normalized spacial score (nSPS) is 24.6. The van der Waals surface area contributed by atoms with Gasteiger partial charge in [-0.2, -0.15) is 13.2 Å². The summed E-state index contributed by atoms with van der Waals surface area (Å²) >= 11 is 1.90. The van der Waals surface area contributed by atoms with E-state index in [0.29, 0.717) is 24.9 Å². The van der Waals surface area contributed by atoms with Crippen molar-refractivity contribution >= 4 is 23.2 Å². The van der Waals surface area contributed by atoms with Gasteiger partial charge in [0.15, 0.2) is 0 Å². The topological polar surface area (TPSA) is 60.9 Å². The van der Waals surface area contributed by atoms with Crippen LogP contribution in [-0.2, 0) is 16.1 Å². The SMILES string of the molecule is C=CCN1C(=O)CC[C@]12CCCN(Cc1ccc(C)s1)[C@H]2CC.O=C(O)C(F)(F)F. The largest absolute Gasteiger partial charge is 0.490 e. The zero-order chi connectivity index (χ0) is 22.5. The molecule has 0 bridgehead atoms. The van der Waals surface area contributed by atoms with Crippen molar-refractivity contribution in [2.24, 2.45) is 0 Å². The van der Waals surface area contributed by atoms with E-state index in [1.54, 1.807) is 0 Å². The van der Waals surface area contributed by atoms with Gasteiger partial charge in [-0.25, -0.2) is 4.79 Å². The number of carboxylic acid groups (broad SMARTS) is 1. The smallest absolute Gasteiger partial charge is 0.475 e. The quantitative estimate of drug-likeness (QED) is 0.671. The second-order valence-corrected chi connectivity index (χ2v) is 9.08. The minimum Gasteiger partial charge on any atom is -0.475 e. The first-order valence-electron chi connectivity index (χ1n) is 10.1. The molecule has 1 aromatic heterocycles. The van der Waals surface area contributed by atoms with E-state index in [2.05, 4.69) is 42.4 Å². The van der Waals surface area contributed by atoms with Gasteiger partial charge in [0, 0.05) is 35.3 Å². The van der Waals surface area contributed by atoms with Crippen molar-refractivity contribution in [3.63, 3.8) is 0 Å². The van der Waals surface area contributed by atoms with Gasteiger partial charge in [-0.1, -0.05) is 13.0 Å². The molecular weight excluding hydrogens is 417 g/mol. The standard InChI is InChI=1S/C19H28N2OS.C2HF3O2/c1-4-12-21-18(22)9-11-19(21)10-6-13-20(17(19)5-2)14-16-8-7-15(3)23-16;3-2(4,5)1(6)7/h4,7-8,17H,1,5-6,9-14H2,2-3H3;(H,6,7)/t17-,19-;/m0./s1. The van der Waals surface area contributed by atoms with Gasteiger partial charge >= 0.3 is 12.1 Å². The average Bonchev–Trinajstić information content (AvgIpc) is 3.21. The Bertz CT molecular complexity index is 765. The lowest BCUT2D eigenvalue weighted by Gasteiger charge is -2.52. The zero-order valence-corrected chi connectivity index (χ0v) is 18.2. The average molecular weight is 447 g/mol. The summed E-state index contributed by atoms with van der Waals surface area (Å²) in [7, 11) is 0. The minimum atomic E-state index is -5.08. The number of likely N-dealkylation sites (tertiary alicyclic amines) is 2. The number of rotatable bonds is 5. The van der Waals surface area contributed by atoms with E-state index >= 15 is 0 Å². The molecule has 3 rings (SSSR count). The molecule has 1 aromatic rings. The highest BCUT2D eigenvalue weighted by molar-refractivity contribution is 7.11. The summed E-state index contributed by atoms with van der Waals surface area (Å²) in [6.45, 7) is 11.2. The van der Waals surface area contributed by atoms with Crippen molar-refractivity contribution in [3.05, 3.63) is 34.5 Å². The molecule has 2 aliphatic heterocycles. The molecule has 30 heavy (non-hydrogen) atoms. The highest BCUT2D eigenvalue weighted by Gasteiger charge is 2.52. The second kappa shape index (κ2) is 9.96. The van der Waals surface area contributed by atoms with Gasteiger partial charge in [0.05, 0.1) is 5.54 Å². The van der Waals surface area contributed by atoms with Gasteiger partial charge in [0.25, 0.3) is 0 Å². The third-order valence-electron chi connectivity index (χ3n) is 5.82. The van der Waals surface area contributed by atoms with E-state index in [4.69, 9.17) is 9.90 Å². The lowest BCUT2D eigenvalue weighted by molar-refractivity contribution is -0.192. The number of nitrogens with zero attached hydrogens (tertiary/aromatic N) is 2. The molecule has 168 valence electrons. The van der Waals surface area contributed by atoms with Gasteiger partial charge < -0.3 is 10.0 Å². The molecule has 1 amide bonds. The number of aryl methyl sites for hydroxylation is 1. The van der Waals surface area contributed by atoms with E-state index in [1.165, 1.54) is 16.2 Å². The number of halogens is 3. The summed E-state index contributed by atoms with van der Waals surface area (Å²) < 4.78 is 31.7. The van der Waals surface area contributed by atoms with Crippen LogP contribution in [0.5, 0.6) is 0 Å². The maximum Gasteiger partial charge on any atom is 0.490 e. The Balaban J connectivity index is 0.000000396. The van der Waals surface area contributed by atoms with Crippen LogP contribution in [0.1, 0.15) is 48.8 Å². The van der Waals surface area contributed by atoms with Crippen LogP contribution in [0, 0.1) is 6.92 Å². The fourth-order valence-electron chi connectivity index (χ4n) is 4.71. The molecule has 0 saturated carbocycles. The predicted octanol–water partition coefficient (Wildman–Crippen LogP) is 4.61. The maximum absolute atomic E-state index is 12.4. The number of aliphatic carboxylic acids is 1. The molecule has 5 nitrogen and oxygen atoms in total. The van der Waals surface area contributed by atoms with Gasteiger partial charge in [-0.15, -0.1) is 17.9 Å². The zero-order valence-electron chi connectivity index (χ0n) is 17.4. The van der Waals surface area contributed by atoms with Gasteiger partial charge in [-0.05, 0) is 51.3 Å². The number of hydrogen-bond donors (Lipinski definition) is 1. The molecule has 2 fully saturated rings. The van der Waals surface area contributed by atoms with Crippen LogP contribution in [0.15, 0.2) is 24.8 Å². The Labute approximate surface area is 179 Å². The van der Waals surface area contributed by atoms with Crippen molar-refractivity contribution < 1.29 is 27.9 Å². The summed E-state index contributed by atoms with van der Waals surface area (Å²) in [5, 5.41) is 7.12. The molecule has 3 heterocycles. The minimum absolute atomic E-state index is 0.0323. The number of carbonyl (C=O) groups is 2. The predicted molar refractivity (Wildman–Crippen MR) is 110 cm³/mol. The molecule has 0 aliphatic carbocycles. The first-order chi connectivity index (χ1) is 14.0. The highest BCUT2D eigenvalue weighted by Crippen LogP contribution is 2.43. The first kappa shape index (κ1) is 24.4. The van der Waals surface area contributed by atoms with Crippen LogP contribution in [0.3, 0.4) is 0 Å². The van der Waals surface area contributed by atoms with Crippen LogP contribution in [0.2, 0.25) is 0 Å². The molecule has 1 N–H and O–H groups in total. The van der Waals surface area contributed by atoms with Crippen LogP contribution < -0.4 is 0 Å². The van der Waals surface area contributed by atoms with E-state index < -0.39 is 12.1 Å². The van der Waals surface area contributed by atoms with Crippen LogP contribution in [-0.4, -0.2) is 57.6 Å². The lowest BCUT2D eigenvalue weighted by atomic mass is 9.77. The molecule has 2 aliphatic rings. The second-order valence-electron chi connectivity index (χ2n) is 7.71. The molecule has 1 spiro atoms. The third kappa shape index (κ3) is 5.43. The van der Waals surface area contributed by atoms with Crippen molar-refractivity contribution in [2.45, 2.75) is 70.3 Å². The summed E-state index contributed by atoms with van der Waals surface area (Å²) in [6, 6.07) is 4.93. The van der Waals surface area contributed by atoms with Crippen molar-refractivity contribution in [2.75, 3.05) is 13.1 Å². The van der Waals surface area contributed by atoms with Crippen LogP contribution in [0.25, 0.3) is 0 Å². The van der Waals surface area contributed by atoms with E-state index in [-0.39, 0.29) is 5.54 Å². The molecular formula is C21H29F3N2O3S. The first-order valence-corrected chi connectivity index (χ1v) is 10.9. The number of carboxylic acids is 1. The Hall–Kier alpha value is -1.87. The number of hydrogen-bond acceptors (Lipinski definition) is 4. The summed E-state index contributed by atoms with van der Waals surface area (Å²) in [6.07, 6.45) is 1.95. The summed E-state index contributed by atoms with van der Waals surface area (Å²) in [4.78, 5) is 28.9. The molecule has 2 atom stereocenters. The monoisotopic (exact) mass is 446 g/mol. The molecule has 0 unspecified atom stereocenters. The van der Waals surface area contributed by atoms with Gasteiger partial charge in [0.2, 0.25) is 5.91 Å². The fourth-order valence-corrected chi connectivity index (χ4v) is 5.63. The lowest BCUT2D eigenvalue weighted by Crippen LogP contribution is -2.62. The van der Waals surface area contributed by atoms with Crippen LogP contribution in [0.4, 0.5) is 13.2 Å². The van der Waals surface area contributed by atoms with Crippen LogP contribution >= 0.6 is 11.3 Å². The summed E-state index contributed by atoms with van der Waals surface area (Å²) in [5.41, 5.74) is 0.0323. The number of piperidine rings is 1.